The van der Waals surface area contributed by atoms with Gasteiger partial charge in [0.05, 0.1) is 4.90 Å². The Bertz CT molecular complexity index is 738. The van der Waals surface area contributed by atoms with Gasteiger partial charge in [0.25, 0.3) is 0 Å². The number of hydrogen-bond donors (Lipinski definition) is 1. The van der Waals surface area contributed by atoms with E-state index < -0.39 is 10.0 Å². The van der Waals surface area contributed by atoms with Crippen LogP contribution in [0, 0.1) is 0 Å². The van der Waals surface area contributed by atoms with Crippen LogP contribution in [0.1, 0.15) is 49.7 Å². The third-order valence-electron chi connectivity index (χ3n) is 6.45. The van der Waals surface area contributed by atoms with Crippen LogP contribution in [0.2, 0.25) is 0 Å². The van der Waals surface area contributed by atoms with E-state index in [9.17, 15) is 8.42 Å². The molecule has 0 aromatic heterocycles. The van der Waals surface area contributed by atoms with E-state index in [0.29, 0.717) is 11.4 Å². The lowest BCUT2D eigenvalue weighted by Gasteiger charge is -2.32. The fourth-order valence-corrected chi connectivity index (χ4v) is 6.51. The van der Waals surface area contributed by atoms with Gasteiger partial charge in [0.1, 0.15) is 0 Å². The van der Waals surface area contributed by atoms with Crippen molar-refractivity contribution < 1.29 is 8.42 Å². The summed E-state index contributed by atoms with van der Waals surface area (Å²) in [6, 6.07) is 5.93. The van der Waals surface area contributed by atoms with E-state index in [0.717, 1.165) is 52.0 Å². The van der Waals surface area contributed by atoms with Gasteiger partial charge in [-0.2, -0.15) is 4.31 Å². The molecule has 150 valence electrons. The highest BCUT2D eigenvalue weighted by molar-refractivity contribution is 7.89. The lowest BCUT2D eigenvalue weighted by molar-refractivity contribution is 0.202. The predicted molar refractivity (Wildman–Crippen MR) is 109 cm³/mol. The Morgan fingerprint density at radius 2 is 1.81 bits per heavy atom. The Balaban J connectivity index is 1.55. The van der Waals surface area contributed by atoms with Crippen molar-refractivity contribution >= 4 is 10.0 Å². The summed E-state index contributed by atoms with van der Waals surface area (Å²) in [5, 5.41) is 3.34. The van der Waals surface area contributed by atoms with Crippen molar-refractivity contribution in [1.82, 2.24) is 14.5 Å². The van der Waals surface area contributed by atoms with Crippen LogP contribution in [0.3, 0.4) is 0 Å². The third-order valence-corrected chi connectivity index (χ3v) is 8.40. The van der Waals surface area contributed by atoms with Gasteiger partial charge >= 0.3 is 0 Å². The molecule has 0 radical (unpaired) electrons. The van der Waals surface area contributed by atoms with E-state index in [1.807, 2.05) is 12.1 Å². The van der Waals surface area contributed by atoms with E-state index in [-0.39, 0.29) is 6.04 Å². The second-order valence-corrected chi connectivity index (χ2v) is 10.2. The van der Waals surface area contributed by atoms with Gasteiger partial charge in [-0.25, -0.2) is 8.42 Å². The van der Waals surface area contributed by atoms with Crippen LogP contribution < -0.4 is 5.32 Å². The molecule has 2 aliphatic heterocycles. The Hall–Kier alpha value is -0.950. The summed E-state index contributed by atoms with van der Waals surface area (Å²) in [5.41, 5.74) is 2.57. The number of hydrogen-bond acceptors (Lipinski definition) is 4. The first-order chi connectivity index (χ1) is 13.1. The van der Waals surface area contributed by atoms with Gasteiger partial charge in [0.15, 0.2) is 0 Å². The molecule has 2 saturated heterocycles. The summed E-state index contributed by atoms with van der Waals surface area (Å²) in [5.74, 6) is 0. The molecular weight excluding hydrogens is 358 g/mol. The number of piperidine rings is 1. The van der Waals surface area contributed by atoms with Crippen LogP contribution in [-0.4, -0.2) is 62.9 Å². The molecule has 1 aliphatic carbocycles. The van der Waals surface area contributed by atoms with Gasteiger partial charge in [-0.15, -0.1) is 0 Å². The minimum Gasteiger partial charge on any atom is -0.315 e. The molecule has 1 aromatic carbocycles. The van der Waals surface area contributed by atoms with E-state index in [1.54, 1.807) is 4.31 Å². The minimum atomic E-state index is -3.45. The van der Waals surface area contributed by atoms with Crippen LogP contribution in [0.5, 0.6) is 0 Å². The van der Waals surface area contributed by atoms with Gasteiger partial charge < -0.3 is 10.2 Å². The molecule has 3 aliphatic rings. The van der Waals surface area contributed by atoms with Crippen LogP contribution in [0.4, 0.5) is 0 Å². The van der Waals surface area contributed by atoms with Crippen molar-refractivity contribution in [1.29, 1.82) is 0 Å². The number of nitrogens with zero attached hydrogens (tertiary/aromatic N) is 2. The first kappa shape index (κ1) is 19.4. The number of likely N-dealkylation sites (tertiary alicyclic amines) is 1. The van der Waals surface area contributed by atoms with Gasteiger partial charge in [0.2, 0.25) is 10.0 Å². The fourth-order valence-electron chi connectivity index (χ4n) is 4.81. The zero-order valence-corrected chi connectivity index (χ0v) is 17.1. The Labute approximate surface area is 164 Å². The highest BCUT2D eigenvalue weighted by Crippen LogP contribution is 2.27. The summed E-state index contributed by atoms with van der Waals surface area (Å²) in [4.78, 5) is 2.93. The molecule has 1 unspecified atom stereocenters. The van der Waals surface area contributed by atoms with Gasteiger partial charge in [0, 0.05) is 25.7 Å². The second-order valence-electron chi connectivity index (χ2n) is 8.30. The number of aryl methyl sites for hydroxylation is 2. The van der Waals surface area contributed by atoms with Gasteiger partial charge in [-0.1, -0.05) is 12.5 Å². The summed E-state index contributed by atoms with van der Waals surface area (Å²) in [6.45, 7) is 5.34. The van der Waals surface area contributed by atoms with E-state index in [2.05, 4.69) is 16.3 Å². The van der Waals surface area contributed by atoms with Crippen molar-refractivity contribution in [3.8, 4) is 0 Å². The first-order valence-electron chi connectivity index (χ1n) is 10.7. The van der Waals surface area contributed by atoms with E-state index in [1.165, 1.54) is 43.2 Å². The number of benzene rings is 1. The Morgan fingerprint density at radius 1 is 1.04 bits per heavy atom. The maximum Gasteiger partial charge on any atom is 0.243 e. The number of sulfonamides is 1. The zero-order valence-electron chi connectivity index (χ0n) is 16.3. The summed E-state index contributed by atoms with van der Waals surface area (Å²) >= 11 is 0. The van der Waals surface area contributed by atoms with Crippen LogP contribution in [0.25, 0.3) is 0 Å². The molecule has 2 fully saturated rings. The molecule has 2 heterocycles. The number of fused-ring (bicyclic) bond motifs is 1. The average molecular weight is 392 g/mol. The molecule has 1 aromatic rings. The molecule has 5 nitrogen and oxygen atoms in total. The monoisotopic (exact) mass is 391 g/mol. The maximum atomic E-state index is 13.6. The van der Waals surface area contributed by atoms with Gasteiger partial charge in [-0.05, 0) is 87.8 Å². The summed E-state index contributed by atoms with van der Waals surface area (Å²) in [6.07, 6.45) is 9.17. The molecule has 1 atom stereocenters. The van der Waals surface area contributed by atoms with Crippen LogP contribution in [0.15, 0.2) is 23.1 Å². The smallest absolute Gasteiger partial charge is 0.243 e. The van der Waals surface area contributed by atoms with Crippen molar-refractivity contribution in [2.75, 3.05) is 39.3 Å². The highest BCUT2D eigenvalue weighted by Gasteiger charge is 2.34. The van der Waals surface area contributed by atoms with Crippen molar-refractivity contribution in [2.24, 2.45) is 0 Å². The largest absolute Gasteiger partial charge is 0.315 e. The summed E-state index contributed by atoms with van der Waals surface area (Å²) in [7, 11) is -3.45. The third kappa shape index (κ3) is 4.39. The van der Waals surface area contributed by atoms with Crippen LogP contribution >= 0.6 is 0 Å². The Kier molecular flexibility index (Phi) is 6.17. The van der Waals surface area contributed by atoms with E-state index >= 15 is 0 Å². The molecule has 4 rings (SSSR count). The SMILES string of the molecule is O=S(=O)(c1ccc2c(c1)CCCC2)N(CCN1CCCCC1)C1CCNC1. The maximum absolute atomic E-state index is 13.6. The quantitative estimate of drug-likeness (QED) is 0.809. The molecular formula is C21H33N3O2S. The van der Waals surface area contributed by atoms with Crippen molar-refractivity contribution in [2.45, 2.75) is 62.3 Å². The lowest BCUT2D eigenvalue weighted by atomic mass is 9.92. The molecule has 0 amide bonds. The van der Waals surface area contributed by atoms with Crippen molar-refractivity contribution in [3.63, 3.8) is 0 Å². The van der Waals surface area contributed by atoms with Crippen molar-refractivity contribution in [3.05, 3.63) is 29.3 Å². The number of nitrogens with one attached hydrogen (secondary N) is 1. The summed E-state index contributed by atoms with van der Waals surface area (Å²) < 4.78 is 28.9. The lowest BCUT2D eigenvalue weighted by Crippen LogP contribution is -2.46. The highest BCUT2D eigenvalue weighted by atomic mass is 32.2. The second kappa shape index (κ2) is 8.60. The molecule has 1 N–H and O–H groups in total. The van der Waals surface area contributed by atoms with E-state index in [4.69, 9.17) is 0 Å². The first-order valence-corrected chi connectivity index (χ1v) is 12.2. The molecule has 27 heavy (non-hydrogen) atoms. The minimum absolute atomic E-state index is 0.0795. The molecule has 0 spiro atoms. The Morgan fingerprint density at radius 3 is 2.56 bits per heavy atom. The standard InChI is InChI=1S/C21H33N3O2S/c25-27(26,21-9-8-18-6-2-3-7-19(18)16-21)24(20-10-11-22-17-20)15-14-23-12-4-1-5-13-23/h8-9,16,20,22H,1-7,10-15,17H2. The van der Waals surface area contributed by atoms with Crippen LogP contribution in [-0.2, 0) is 22.9 Å². The molecule has 6 heteroatoms. The fraction of sp³-hybridized carbons (Fsp3) is 0.714. The van der Waals surface area contributed by atoms with Gasteiger partial charge in [-0.3, -0.25) is 0 Å². The molecule has 0 saturated carbocycles. The predicted octanol–water partition coefficient (Wildman–Crippen LogP) is 2.40. The number of rotatable bonds is 6. The average Bonchev–Trinajstić information content (AvgIpc) is 3.23. The normalized spacial score (nSPS) is 24.3. The topological polar surface area (TPSA) is 52.7 Å². The zero-order chi connectivity index (χ0) is 18.7. The molecule has 0 bridgehead atoms.